The van der Waals surface area contributed by atoms with Crippen molar-refractivity contribution in [2.45, 2.75) is 58.3 Å². The number of benzene rings is 2. The maximum atomic E-state index is 15.0. The SMILES string of the molecule is Cc1ccnc2cccc(C(Nc3cc(C#N)c4ncc(C#N)c(NCC(C)(C)C)c4c3)C3(C4(C(F)(F)F)CC4)CNN=N3)c12. The van der Waals surface area contributed by atoms with Crippen molar-refractivity contribution in [3.05, 3.63) is 71.0 Å². The van der Waals surface area contributed by atoms with E-state index in [2.05, 4.69) is 48.5 Å². The largest absolute Gasteiger partial charge is 0.397 e. The lowest BCUT2D eigenvalue weighted by Gasteiger charge is -2.42. The van der Waals surface area contributed by atoms with Gasteiger partial charge in [0.05, 0.1) is 45.8 Å². The zero-order valence-electron chi connectivity index (χ0n) is 25.3. The third-order valence-electron chi connectivity index (χ3n) is 8.88. The molecule has 3 heterocycles. The molecule has 0 saturated heterocycles. The molecule has 2 aromatic heterocycles. The van der Waals surface area contributed by atoms with Crippen LogP contribution in [0.25, 0.3) is 21.8 Å². The molecule has 1 aliphatic heterocycles. The summed E-state index contributed by atoms with van der Waals surface area (Å²) in [6.07, 6.45) is -1.63. The number of aryl methyl sites for hydroxylation is 1. The summed E-state index contributed by atoms with van der Waals surface area (Å²) in [5, 5.41) is 36.4. The topological polar surface area (TPSA) is 134 Å². The number of nitriles is 2. The second-order valence-corrected chi connectivity index (χ2v) is 13.1. The highest BCUT2D eigenvalue weighted by Gasteiger charge is 2.77. The Hall–Kier alpha value is -4.97. The van der Waals surface area contributed by atoms with Crippen molar-refractivity contribution < 1.29 is 13.2 Å². The minimum atomic E-state index is -4.55. The molecular weight excluding hydrogens is 579 g/mol. The Bertz CT molecular complexity index is 1920. The number of pyridine rings is 2. The van der Waals surface area contributed by atoms with E-state index in [-0.39, 0.29) is 30.4 Å². The van der Waals surface area contributed by atoms with Crippen LogP contribution in [0, 0.1) is 40.4 Å². The molecule has 0 radical (unpaired) electrons. The number of halogens is 3. The van der Waals surface area contributed by atoms with Gasteiger partial charge in [0.1, 0.15) is 17.7 Å². The smallest absolute Gasteiger partial charge is 0.383 e. The van der Waals surface area contributed by atoms with E-state index in [1.807, 2.05) is 39.8 Å². The van der Waals surface area contributed by atoms with E-state index in [1.54, 1.807) is 30.5 Å². The van der Waals surface area contributed by atoms with Gasteiger partial charge in [-0.2, -0.15) is 28.8 Å². The number of hydrogen-bond acceptors (Lipinski definition) is 9. The molecule has 2 unspecified atom stereocenters. The molecule has 45 heavy (non-hydrogen) atoms. The van der Waals surface area contributed by atoms with Gasteiger partial charge in [0, 0.05) is 35.4 Å². The second kappa shape index (κ2) is 10.6. The van der Waals surface area contributed by atoms with Gasteiger partial charge in [-0.3, -0.25) is 15.4 Å². The molecule has 6 rings (SSSR count). The molecule has 230 valence electrons. The van der Waals surface area contributed by atoms with Gasteiger partial charge < -0.3 is 10.6 Å². The lowest BCUT2D eigenvalue weighted by molar-refractivity contribution is -0.207. The Morgan fingerprint density at radius 2 is 1.80 bits per heavy atom. The summed E-state index contributed by atoms with van der Waals surface area (Å²) in [4.78, 5) is 8.92. The first-order valence-electron chi connectivity index (χ1n) is 14.7. The first-order chi connectivity index (χ1) is 21.3. The number of nitrogens with one attached hydrogen (secondary N) is 3. The molecule has 1 aliphatic carbocycles. The zero-order valence-corrected chi connectivity index (χ0v) is 25.3. The minimum Gasteiger partial charge on any atom is -0.383 e. The maximum absolute atomic E-state index is 15.0. The second-order valence-electron chi connectivity index (χ2n) is 13.1. The van der Waals surface area contributed by atoms with Crippen molar-refractivity contribution in [1.82, 2.24) is 15.4 Å². The first-order valence-corrected chi connectivity index (χ1v) is 14.7. The fourth-order valence-corrected chi connectivity index (χ4v) is 6.47. The lowest BCUT2D eigenvalue weighted by Crippen LogP contribution is -2.55. The van der Waals surface area contributed by atoms with Crippen molar-refractivity contribution in [3.63, 3.8) is 0 Å². The highest BCUT2D eigenvalue weighted by Crippen LogP contribution is 2.69. The predicted octanol–water partition coefficient (Wildman–Crippen LogP) is 7.50. The van der Waals surface area contributed by atoms with Gasteiger partial charge >= 0.3 is 6.18 Å². The van der Waals surface area contributed by atoms with Crippen LogP contribution >= 0.6 is 0 Å². The van der Waals surface area contributed by atoms with Gasteiger partial charge in [-0.25, -0.2) is 0 Å². The molecule has 1 fully saturated rings. The first kappa shape index (κ1) is 30.1. The molecule has 9 nitrogen and oxygen atoms in total. The van der Waals surface area contributed by atoms with Crippen molar-refractivity contribution in [3.8, 4) is 12.1 Å². The Kier molecular flexibility index (Phi) is 7.07. The van der Waals surface area contributed by atoms with E-state index in [9.17, 15) is 23.7 Å². The maximum Gasteiger partial charge on any atom is 0.397 e. The Morgan fingerprint density at radius 3 is 2.42 bits per heavy atom. The van der Waals surface area contributed by atoms with E-state index in [1.165, 1.54) is 6.20 Å². The number of anilines is 2. The molecule has 0 amide bonds. The molecule has 2 aromatic carbocycles. The third kappa shape index (κ3) is 4.95. The van der Waals surface area contributed by atoms with Gasteiger partial charge in [0.2, 0.25) is 0 Å². The Labute approximate surface area is 258 Å². The van der Waals surface area contributed by atoms with Crippen LogP contribution in [0.5, 0.6) is 0 Å². The lowest BCUT2D eigenvalue weighted by atomic mass is 9.71. The average molecular weight is 612 g/mol. The number of alkyl halides is 3. The number of nitrogens with zero attached hydrogens (tertiary/aromatic N) is 6. The Balaban J connectivity index is 1.60. The fourth-order valence-electron chi connectivity index (χ4n) is 6.47. The number of fused-ring (bicyclic) bond motifs is 2. The summed E-state index contributed by atoms with van der Waals surface area (Å²) in [6, 6.07) is 13.9. The zero-order chi connectivity index (χ0) is 32.2. The van der Waals surface area contributed by atoms with E-state index in [0.29, 0.717) is 45.5 Å². The molecule has 0 spiro atoms. The Morgan fingerprint density at radius 1 is 1.04 bits per heavy atom. The van der Waals surface area contributed by atoms with E-state index in [0.717, 1.165) is 10.9 Å². The van der Waals surface area contributed by atoms with Gasteiger partial charge in [-0.15, -0.1) is 0 Å². The van der Waals surface area contributed by atoms with E-state index < -0.39 is 23.2 Å². The van der Waals surface area contributed by atoms with Crippen LogP contribution in [-0.2, 0) is 0 Å². The molecule has 4 aromatic rings. The molecular formula is C33H32F3N9. The van der Waals surface area contributed by atoms with Crippen molar-refractivity contribution >= 4 is 33.2 Å². The quantitative estimate of drug-likeness (QED) is 0.197. The fraction of sp³-hybridized carbons (Fsp3) is 0.394. The van der Waals surface area contributed by atoms with Gasteiger partial charge in [-0.1, -0.05) is 38.1 Å². The summed E-state index contributed by atoms with van der Waals surface area (Å²) in [5.41, 5.74) is 2.59. The van der Waals surface area contributed by atoms with Crippen LogP contribution in [0.1, 0.15) is 61.9 Å². The van der Waals surface area contributed by atoms with Crippen LogP contribution in [0.15, 0.2) is 59.1 Å². The van der Waals surface area contributed by atoms with Crippen molar-refractivity contribution in [1.29, 1.82) is 10.5 Å². The summed E-state index contributed by atoms with van der Waals surface area (Å²) < 4.78 is 45.0. The van der Waals surface area contributed by atoms with E-state index >= 15 is 0 Å². The molecule has 2 aliphatic rings. The molecule has 3 N–H and O–H groups in total. The van der Waals surface area contributed by atoms with Crippen LogP contribution in [-0.4, -0.2) is 34.8 Å². The highest BCUT2D eigenvalue weighted by molar-refractivity contribution is 5.99. The number of aromatic nitrogens is 2. The average Bonchev–Trinajstić information content (AvgIpc) is 3.69. The normalized spacial score (nSPS) is 19.5. The summed E-state index contributed by atoms with van der Waals surface area (Å²) in [7, 11) is 0. The van der Waals surface area contributed by atoms with Gasteiger partial charge in [0.25, 0.3) is 0 Å². The van der Waals surface area contributed by atoms with Crippen LogP contribution in [0.2, 0.25) is 0 Å². The number of hydrogen-bond donors (Lipinski definition) is 3. The van der Waals surface area contributed by atoms with Gasteiger partial charge in [-0.05, 0) is 60.6 Å². The standard InChI is InChI=1S/C33H32F3N9/c1-19-8-11-39-25-7-5-6-23(26(19)25)29(32(18-42-45-44-32)31(9-10-31)33(34,35)36)43-22-12-20(14-37)27-24(13-22)28(21(15-38)16-40-27)41-17-30(2,3)4/h5-8,11-13,16,29,43H,9-10,17-18H2,1-4H3,(H,40,41)(H,42,44). The third-order valence-corrected chi connectivity index (χ3v) is 8.88. The summed E-state index contributed by atoms with van der Waals surface area (Å²) >= 11 is 0. The summed E-state index contributed by atoms with van der Waals surface area (Å²) in [6.45, 7) is 8.42. The summed E-state index contributed by atoms with van der Waals surface area (Å²) in [5.74, 6) is 0. The highest BCUT2D eigenvalue weighted by atomic mass is 19.4. The van der Waals surface area contributed by atoms with Crippen LogP contribution in [0.3, 0.4) is 0 Å². The number of rotatable bonds is 7. The molecule has 1 saturated carbocycles. The minimum absolute atomic E-state index is 0.0884. The molecule has 0 bridgehead atoms. The van der Waals surface area contributed by atoms with Crippen LogP contribution < -0.4 is 16.1 Å². The molecule has 2 atom stereocenters. The van der Waals surface area contributed by atoms with Crippen molar-refractivity contribution in [2.24, 2.45) is 21.2 Å². The monoisotopic (exact) mass is 611 g/mol. The van der Waals surface area contributed by atoms with Gasteiger partial charge in [0.15, 0.2) is 0 Å². The van der Waals surface area contributed by atoms with Crippen LogP contribution in [0.4, 0.5) is 24.5 Å². The molecule has 12 heteroatoms. The predicted molar refractivity (Wildman–Crippen MR) is 165 cm³/mol. The van der Waals surface area contributed by atoms with Crippen molar-refractivity contribution in [2.75, 3.05) is 23.7 Å². The van der Waals surface area contributed by atoms with E-state index in [4.69, 9.17) is 0 Å².